The van der Waals surface area contributed by atoms with E-state index in [0.29, 0.717) is 11.4 Å². The molecular weight excluding hydrogens is 328 g/mol. The van der Waals surface area contributed by atoms with E-state index in [1.165, 1.54) is 17.0 Å². The minimum Gasteiger partial charge on any atom is -0.323 e. The molecule has 7 heteroatoms. The zero-order chi connectivity index (χ0) is 18.0. The fourth-order valence-electron chi connectivity index (χ4n) is 2.75. The Morgan fingerprint density at radius 3 is 2.80 bits per heavy atom. The van der Waals surface area contributed by atoms with Crippen LogP contribution in [0.25, 0.3) is 0 Å². The Morgan fingerprint density at radius 2 is 2.04 bits per heavy atom. The average Bonchev–Trinajstić information content (AvgIpc) is 2.58. The van der Waals surface area contributed by atoms with Crippen LogP contribution in [0.15, 0.2) is 42.5 Å². The summed E-state index contributed by atoms with van der Waals surface area (Å²) in [6, 6.07) is 9.84. The Kier molecular flexibility index (Phi) is 4.76. The van der Waals surface area contributed by atoms with Crippen LogP contribution in [-0.4, -0.2) is 24.9 Å². The maximum Gasteiger partial charge on any atom is 0.244 e. The van der Waals surface area contributed by atoms with Gasteiger partial charge >= 0.3 is 0 Å². The van der Waals surface area contributed by atoms with Crippen molar-refractivity contribution >= 4 is 23.2 Å². The first-order valence-corrected chi connectivity index (χ1v) is 7.83. The first-order valence-electron chi connectivity index (χ1n) is 7.83. The van der Waals surface area contributed by atoms with Crippen LogP contribution in [-0.2, 0) is 9.59 Å². The molecule has 25 heavy (non-hydrogen) atoms. The number of nitrogens with one attached hydrogen (secondary N) is 2. The molecule has 0 radical (unpaired) electrons. The second-order valence-corrected chi connectivity index (χ2v) is 5.81. The molecular formula is C18H17F2N3O2. The predicted octanol–water partition coefficient (Wildman–Crippen LogP) is 2.60. The minimum absolute atomic E-state index is 0.0726. The van der Waals surface area contributed by atoms with Crippen molar-refractivity contribution in [2.24, 2.45) is 0 Å². The van der Waals surface area contributed by atoms with Crippen LogP contribution >= 0.6 is 0 Å². The van der Waals surface area contributed by atoms with Gasteiger partial charge in [-0.15, -0.1) is 0 Å². The van der Waals surface area contributed by atoms with Gasteiger partial charge in [-0.1, -0.05) is 18.2 Å². The standard InChI is InChI=1S/C18H17F2N3O2/c1-11(13-7-6-12(19)8-14(13)20)21-9-18(25)23-10-17(24)22-15-4-2-3-5-16(15)23/h2-8,11,21H,9-10H2,1H3,(H,22,24)/t11-/m1/s1. The molecule has 1 aliphatic rings. The first kappa shape index (κ1) is 17.0. The lowest BCUT2D eigenvalue weighted by atomic mass is 10.1. The van der Waals surface area contributed by atoms with Gasteiger partial charge in [-0.2, -0.15) is 0 Å². The van der Waals surface area contributed by atoms with Gasteiger partial charge in [-0.25, -0.2) is 8.78 Å². The summed E-state index contributed by atoms with van der Waals surface area (Å²) in [6.07, 6.45) is 0. The number of anilines is 2. The van der Waals surface area contributed by atoms with Crippen LogP contribution in [0, 0.1) is 11.6 Å². The SMILES string of the molecule is C[C@@H](NCC(=O)N1CC(=O)Nc2ccccc21)c1ccc(F)cc1F. The van der Waals surface area contributed by atoms with Gasteiger partial charge in [-0.05, 0) is 25.1 Å². The van der Waals surface area contributed by atoms with E-state index in [9.17, 15) is 18.4 Å². The largest absolute Gasteiger partial charge is 0.323 e. The number of para-hydroxylation sites is 2. The number of hydrogen-bond donors (Lipinski definition) is 2. The van der Waals surface area contributed by atoms with Gasteiger partial charge in [0.25, 0.3) is 0 Å². The third-order valence-corrected chi connectivity index (χ3v) is 4.06. The number of carbonyl (C=O) groups is 2. The third kappa shape index (κ3) is 3.66. The van der Waals surface area contributed by atoms with Crippen molar-refractivity contribution in [3.63, 3.8) is 0 Å². The molecule has 0 aromatic heterocycles. The van der Waals surface area contributed by atoms with Gasteiger partial charge in [-0.3, -0.25) is 14.5 Å². The number of halogens is 2. The van der Waals surface area contributed by atoms with E-state index >= 15 is 0 Å². The van der Waals surface area contributed by atoms with Crippen LogP contribution in [0.4, 0.5) is 20.2 Å². The fraction of sp³-hybridized carbons (Fsp3) is 0.222. The van der Waals surface area contributed by atoms with Crippen molar-refractivity contribution < 1.29 is 18.4 Å². The topological polar surface area (TPSA) is 61.4 Å². The lowest BCUT2D eigenvalue weighted by molar-refractivity contribution is -0.121. The smallest absolute Gasteiger partial charge is 0.244 e. The molecule has 2 N–H and O–H groups in total. The third-order valence-electron chi connectivity index (χ3n) is 4.06. The van der Waals surface area contributed by atoms with Crippen molar-refractivity contribution in [1.29, 1.82) is 0 Å². The predicted molar refractivity (Wildman–Crippen MR) is 90.2 cm³/mol. The first-order chi connectivity index (χ1) is 12.0. The van der Waals surface area contributed by atoms with E-state index in [2.05, 4.69) is 10.6 Å². The summed E-state index contributed by atoms with van der Waals surface area (Å²) in [5.41, 5.74) is 1.46. The van der Waals surface area contributed by atoms with E-state index in [4.69, 9.17) is 0 Å². The normalized spacial score (nSPS) is 14.7. The summed E-state index contributed by atoms with van der Waals surface area (Å²) in [5, 5.41) is 5.63. The molecule has 0 bridgehead atoms. The molecule has 0 saturated heterocycles. The van der Waals surface area contributed by atoms with Gasteiger partial charge < -0.3 is 10.6 Å². The van der Waals surface area contributed by atoms with E-state index in [-0.39, 0.29) is 30.5 Å². The molecule has 0 aliphatic carbocycles. The Hall–Kier alpha value is -2.80. The Morgan fingerprint density at radius 1 is 1.28 bits per heavy atom. The number of fused-ring (bicyclic) bond motifs is 1. The average molecular weight is 345 g/mol. The zero-order valence-corrected chi connectivity index (χ0v) is 13.6. The van der Waals surface area contributed by atoms with Crippen molar-refractivity contribution in [3.05, 3.63) is 59.7 Å². The lowest BCUT2D eigenvalue weighted by Gasteiger charge is -2.29. The highest BCUT2D eigenvalue weighted by molar-refractivity contribution is 6.10. The zero-order valence-electron chi connectivity index (χ0n) is 13.6. The highest BCUT2D eigenvalue weighted by atomic mass is 19.1. The Labute approximate surface area is 143 Å². The molecule has 2 amide bonds. The molecule has 0 fully saturated rings. The molecule has 1 aliphatic heterocycles. The van der Waals surface area contributed by atoms with E-state index in [1.54, 1.807) is 31.2 Å². The van der Waals surface area contributed by atoms with Gasteiger partial charge in [0.2, 0.25) is 11.8 Å². The van der Waals surface area contributed by atoms with Crippen LogP contribution < -0.4 is 15.5 Å². The van der Waals surface area contributed by atoms with E-state index in [1.807, 2.05) is 0 Å². The Bertz CT molecular complexity index is 826. The molecule has 130 valence electrons. The number of benzene rings is 2. The quantitative estimate of drug-likeness (QED) is 0.895. The molecule has 0 saturated carbocycles. The molecule has 2 aromatic carbocycles. The maximum absolute atomic E-state index is 13.8. The van der Waals surface area contributed by atoms with Crippen molar-refractivity contribution in [2.45, 2.75) is 13.0 Å². The number of carbonyl (C=O) groups excluding carboxylic acids is 2. The summed E-state index contributed by atoms with van der Waals surface area (Å²) in [7, 11) is 0. The van der Waals surface area contributed by atoms with E-state index in [0.717, 1.165) is 6.07 Å². The van der Waals surface area contributed by atoms with Crippen molar-refractivity contribution in [2.75, 3.05) is 23.3 Å². The number of amides is 2. The number of hydrogen-bond acceptors (Lipinski definition) is 3. The van der Waals surface area contributed by atoms with Crippen LogP contribution in [0.3, 0.4) is 0 Å². The maximum atomic E-state index is 13.8. The summed E-state index contributed by atoms with van der Waals surface area (Å²) >= 11 is 0. The minimum atomic E-state index is -0.671. The monoisotopic (exact) mass is 345 g/mol. The summed E-state index contributed by atoms with van der Waals surface area (Å²) in [6.45, 7) is 1.52. The van der Waals surface area contributed by atoms with Gasteiger partial charge in [0.15, 0.2) is 0 Å². The molecule has 0 unspecified atom stereocenters. The van der Waals surface area contributed by atoms with Crippen molar-refractivity contribution in [1.82, 2.24) is 5.32 Å². The highest BCUT2D eigenvalue weighted by Gasteiger charge is 2.26. The Balaban J connectivity index is 1.69. The van der Waals surface area contributed by atoms with Crippen LogP contribution in [0.5, 0.6) is 0 Å². The fourth-order valence-corrected chi connectivity index (χ4v) is 2.75. The molecule has 5 nitrogen and oxygen atoms in total. The van der Waals surface area contributed by atoms with Gasteiger partial charge in [0, 0.05) is 17.7 Å². The van der Waals surface area contributed by atoms with E-state index < -0.39 is 17.7 Å². The van der Waals surface area contributed by atoms with Crippen molar-refractivity contribution in [3.8, 4) is 0 Å². The lowest BCUT2D eigenvalue weighted by Crippen LogP contribution is -2.46. The second-order valence-electron chi connectivity index (χ2n) is 5.81. The summed E-state index contributed by atoms with van der Waals surface area (Å²) in [5.74, 6) is -1.91. The van der Waals surface area contributed by atoms with Crippen LogP contribution in [0.2, 0.25) is 0 Å². The second kappa shape index (κ2) is 6.98. The van der Waals surface area contributed by atoms with Gasteiger partial charge in [0.05, 0.1) is 17.9 Å². The molecule has 1 atom stereocenters. The summed E-state index contributed by atoms with van der Waals surface area (Å²) in [4.78, 5) is 25.7. The molecule has 3 rings (SSSR count). The number of rotatable bonds is 4. The summed E-state index contributed by atoms with van der Waals surface area (Å²) < 4.78 is 26.8. The highest BCUT2D eigenvalue weighted by Crippen LogP contribution is 2.28. The van der Waals surface area contributed by atoms with Crippen LogP contribution in [0.1, 0.15) is 18.5 Å². The molecule has 0 spiro atoms. The van der Waals surface area contributed by atoms with Gasteiger partial charge in [0.1, 0.15) is 18.2 Å². The molecule has 1 heterocycles. The number of nitrogens with zero attached hydrogens (tertiary/aromatic N) is 1. The molecule has 2 aromatic rings.